The molecule has 0 saturated carbocycles. The van der Waals surface area contributed by atoms with Gasteiger partial charge in [-0.25, -0.2) is 0 Å². The van der Waals surface area contributed by atoms with E-state index in [0.29, 0.717) is 25.3 Å². The molecule has 0 aromatic carbocycles. The van der Waals surface area contributed by atoms with Crippen molar-refractivity contribution in [3.63, 3.8) is 0 Å². The van der Waals surface area contributed by atoms with Gasteiger partial charge in [0.15, 0.2) is 8.32 Å². The first-order valence-electron chi connectivity index (χ1n) is 14.3. The van der Waals surface area contributed by atoms with Gasteiger partial charge in [-0.3, -0.25) is 9.59 Å². The maximum absolute atomic E-state index is 10.9. The second kappa shape index (κ2) is 17.5. The van der Waals surface area contributed by atoms with Gasteiger partial charge >= 0.3 is 11.9 Å². The molecule has 0 aromatic heterocycles. The topological polar surface area (TPSA) is 77.1 Å². The molecule has 8 heteroatoms. The molecule has 1 rings (SSSR count). The van der Waals surface area contributed by atoms with Crippen LogP contribution in [0.4, 0.5) is 0 Å². The van der Waals surface area contributed by atoms with E-state index in [1.165, 1.54) is 20.3 Å². The van der Waals surface area contributed by atoms with Gasteiger partial charge in [0.05, 0.1) is 13.2 Å². The number of nitrogens with zero attached hydrogens (tertiary/aromatic N) is 1. The average molecular weight is 529 g/mol. The van der Waals surface area contributed by atoms with Crippen LogP contribution in [-0.2, 0) is 23.5 Å². The Morgan fingerprint density at radius 3 is 1.69 bits per heavy atom. The van der Waals surface area contributed by atoms with E-state index >= 15 is 0 Å². The van der Waals surface area contributed by atoms with E-state index in [0.717, 1.165) is 84.0 Å². The first kappa shape index (κ1) is 33.1. The molecular formula is C28H56N2O5Si. The highest BCUT2D eigenvalue weighted by Crippen LogP contribution is 2.36. The lowest BCUT2D eigenvalue weighted by Gasteiger charge is -2.39. The Balaban J connectivity index is 2.42. The number of piperazine rings is 1. The van der Waals surface area contributed by atoms with Gasteiger partial charge < -0.3 is 24.1 Å². The maximum atomic E-state index is 10.9. The molecule has 0 amide bonds. The van der Waals surface area contributed by atoms with Crippen LogP contribution in [-0.4, -0.2) is 76.7 Å². The Morgan fingerprint density at radius 1 is 0.778 bits per heavy atom. The van der Waals surface area contributed by atoms with Gasteiger partial charge in [0.25, 0.3) is 0 Å². The molecule has 1 fully saturated rings. The van der Waals surface area contributed by atoms with E-state index in [9.17, 15) is 9.59 Å². The van der Waals surface area contributed by atoms with Gasteiger partial charge in [-0.15, -0.1) is 0 Å². The molecule has 2 unspecified atom stereocenters. The minimum absolute atomic E-state index is 0.190. The van der Waals surface area contributed by atoms with Gasteiger partial charge in [0, 0.05) is 45.6 Å². The monoisotopic (exact) mass is 528 g/mol. The zero-order valence-electron chi connectivity index (χ0n) is 24.5. The number of hydrogen-bond donors (Lipinski definition) is 1. The van der Waals surface area contributed by atoms with Crippen LogP contribution < -0.4 is 5.32 Å². The van der Waals surface area contributed by atoms with E-state index in [1.807, 2.05) is 0 Å². The lowest BCUT2D eigenvalue weighted by Crippen LogP contribution is -2.56. The quantitative estimate of drug-likeness (QED) is 0.139. The average Bonchev–Trinajstić information content (AvgIpc) is 2.77. The van der Waals surface area contributed by atoms with Crippen LogP contribution in [0.25, 0.3) is 0 Å². The fourth-order valence-corrected chi connectivity index (χ4v) is 5.51. The summed E-state index contributed by atoms with van der Waals surface area (Å²) in [4.78, 5) is 24.5. The number of unbranched alkanes of at least 4 members (excludes halogenated alkanes) is 5. The van der Waals surface area contributed by atoms with Crippen molar-refractivity contribution in [2.75, 3.05) is 39.5 Å². The third-order valence-electron chi connectivity index (χ3n) is 7.57. The van der Waals surface area contributed by atoms with E-state index < -0.39 is 8.32 Å². The Bertz CT molecular complexity index is 590. The molecule has 1 aliphatic heterocycles. The number of hydrogen-bond acceptors (Lipinski definition) is 7. The van der Waals surface area contributed by atoms with Crippen molar-refractivity contribution in [1.82, 2.24) is 10.2 Å². The van der Waals surface area contributed by atoms with Crippen LogP contribution in [0.1, 0.15) is 98.8 Å². The normalized spacial score (nSPS) is 19.3. The summed E-state index contributed by atoms with van der Waals surface area (Å²) in [6.45, 7) is 19.8. The van der Waals surface area contributed by atoms with Crippen molar-refractivity contribution in [1.29, 1.82) is 0 Å². The Labute approximate surface area is 222 Å². The van der Waals surface area contributed by atoms with E-state index in [1.54, 1.807) is 0 Å². The number of carbonyl (C=O) groups excluding carboxylic acids is 2. The molecule has 1 saturated heterocycles. The van der Waals surface area contributed by atoms with Crippen LogP contribution in [0.2, 0.25) is 18.1 Å². The smallest absolute Gasteiger partial charge is 0.302 e. The van der Waals surface area contributed by atoms with Crippen LogP contribution in [0.3, 0.4) is 0 Å². The van der Waals surface area contributed by atoms with Crippen molar-refractivity contribution in [2.24, 2.45) is 0 Å². The molecule has 2 atom stereocenters. The third kappa shape index (κ3) is 15.3. The number of esters is 2. The number of ether oxygens (including phenoxy) is 2. The van der Waals surface area contributed by atoms with Crippen molar-refractivity contribution >= 4 is 20.3 Å². The van der Waals surface area contributed by atoms with Gasteiger partial charge in [0.2, 0.25) is 0 Å². The molecule has 0 radical (unpaired) electrons. The summed E-state index contributed by atoms with van der Waals surface area (Å²) in [7, 11) is -1.66. The van der Waals surface area contributed by atoms with Gasteiger partial charge in [-0.05, 0) is 63.2 Å². The van der Waals surface area contributed by atoms with E-state index in [2.05, 4.69) is 44.1 Å². The minimum Gasteiger partial charge on any atom is -0.466 e. The standard InChI is InChI=1S/C28H56N2O5Si/c1-24(31)33-19-13-8-10-16-26-22-30(18-12-15-21-35-36(6,7)28(3,4)5)23-27(29-26)17-11-9-14-20-34-25(2)32/h26-27,29H,8-23H2,1-7H3. The van der Waals surface area contributed by atoms with Crippen LogP contribution >= 0.6 is 0 Å². The van der Waals surface area contributed by atoms with Gasteiger partial charge in [0.1, 0.15) is 0 Å². The van der Waals surface area contributed by atoms with Crippen molar-refractivity contribution in [2.45, 2.75) is 129 Å². The fourth-order valence-electron chi connectivity index (χ4n) is 4.42. The lowest BCUT2D eigenvalue weighted by molar-refractivity contribution is -0.142. The highest BCUT2D eigenvalue weighted by Gasteiger charge is 2.36. The predicted molar refractivity (Wildman–Crippen MR) is 150 cm³/mol. The molecule has 0 bridgehead atoms. The van der Waals surface area contributed by atoms with Crippen LogP contribution in [0, 0.1) is 0 Å². The van der Waals surface area contributed by atoms with Crippen molar-refractivity contribution in [3.8, 4) is 0 Å². The third-order valence-corrected chi connectivity index (χ3v) is 12.1. The van der Waals surface area contributed by atoms with Crippen molar-refractivity contribution < 1.29 is 23.5 Å². The largest absolute Gasteiger partial charge is 0.466 e. The Morgan fingerprint density at radius 2 is 1.25 bits per heavy atom. The summed E-state index contributed by atoms with van der Waals surface area (Å²) in [5, 5.41) is 4.17. The Kier molecular flexibility index (Phi) is 16.1. The van der Waals surface area contributed by atoms with Gasteiger partial charge in [-0.1, -0.05) is 46.5 Å². The zero-order valence-corrected chi connectivity index (χ0v) is 25.5. The second-order valence-electron chi connectivity index (χ2n) is 12.0. The maximum Gasteiger partial charge on any atom is 0.302 e. The van der Waals surface area contributed by atoms with Gasteiger partial charge in [-0.2, -0.15) is 0 Å². The summed E-state index contributed by atoms with van der Waals surface area (Å²) in [6, 6.07) is 1.03. The highest BCUT2D eigenvalue weighted by molar-refractivity contribution is 6.74. The molecule has 36 heavy (non-hydrogen) atoms. The zero-order chi connectivity index (χ0) is 27.0. The van der Waals surface area contributed by atoms with E-state index in [-0.39, 0.29) is 17.0 Å². The first-order valence-corrected chi connectivity index (χ1v) is 17.2. The summed E-state index contributed by atoms with van der Waals surface area (Å²) >= 11 is 0. The molecule has 1 aliphatic rings. The number of nitrogens with one attached hydrogen (secondary N) is 1. The lowest BCUT2D eigenvalue weighted by atomic mass is 9.99. The molecule has 1 N–H and O–H groups in total. The van der Waals surface area contributed by atoms with Crippen LogP contribution in [0.5, 0.6) is 0 Å². The highest BCUT2D eigenvalue weighted by atomic mass is 28.4. The van der Waals surface area contributed by atoms with Crippen molar-refractivity contribution in [3.05, 3.63) is 0 Å². The molecule has 1 heterocycles. The SMILES string of the molecule is CC(=O)OCCCCCC1CN(CCCCO[Si](C)(C)C(C)(C)C)CC(CCCCCOC(C)=O)N1. The van der Waals surface area contributed by atoms with Crippen LogP contribution in [0.15, 0.2) is 0 Å². The molecule has 0 aromatic rings. The Hall–Kier alpha value is -0.963. The number of rotatable bonds is 18. The second-order valence-corrected chi connectivity index (χ2v) is 16.8. The minimum atomic E-state index is -1.66. The molecular weight excluding hydrogens is 472 g/mol. The molecule has 0 aliphatic carbocycles. The molecule has 212 valence electrons. The summed E-state index contributed by atoms with van der Waals surface area (Å²) in [6.07, 6.45) is 11.0. The molecule has 7 nitrogen and oxygen atoms in total. The summed E-state index contributed by atoms with van der Waals surface area (Å²) in [5.41, 5.74) is 0. The number of carbonyl (C=O) groups is 2. The fraction of sp³-hybridized carbons (Fsp3) is 0.929. The first-order chi connectivity index (χ1) is 16.9. The summed E-state index contributed by atoms with van der Waals surface area (Å²) < 4.78 is 16.5. The summed E-state index contributed by atoms with van der Waals surface area (Å²) in [5.74, 6) is -0.380. The predicted octanol–water partition coefficient (Wildman–Crippen LogP) is 5.68. The van der Waals surface area contributed by atoms with E-state index in [4.69, 9.17) is 13.9 Å². The molecule has 0 spiro atoms.